The number of hydrogen-bond acceptors (Lipinski definition) is 4. The minimum atomic E-state index is -3.55. The van der Waals surface area contributed by atoms with E-state index in [1.807, 2.05) is 0 Å². The molecule has 0 spiro atoms. The number of nitrogens with zero attached hydrogens (tertiary/aromatic N) is 2. The Hall–Kier alpha value is -1.90. The highest BCUT2D eigenvalue weighted by molar-refractivity contribution is 7.89. The highest BCUT2D eigenvalue weighted by Crippen LogP contribution is 2.24. The Morgan fingerprint density at radius 3 is 2.52 bits per heavy atom. The molecule has 1 aromatic heterocycles. The fourth-order valence-electron chi connectivity index (χ4n) is 2.82. The summed E-state index contributed by atoms with van der Waals surface area (Å²) in [5.41, 5.74) is 0.830. The van der Waals surface area contributed by atoms with E-state index in [2.05, 4.69) is 15.5 Å². The van der Waals surface area contributed by atoms with Crippen molar-refractivity contribution >= 4 is 27.5 Å². The lowest BCUT2D eigenvalue weighted by atomic mass is 9.97. The molecule has 0 aliphatic carbocycles. The quantitative estimate of drug-likeness (QED) is 0.823. The molecule has 0 saturated carbocycles. The fourth-order valence-corrected chi connectivity index (χ4v) is 4.42. The molecule has 0 atom stereocenters. The molecule has 1 saturated heterocycles. The van der Waals surface area contributed by atoms with Gasteiger partial charge in [0.25, 0.3) is 0 Å². The maximum Gasteiger partial charge on any atom is 0.243 e. The van der Waals surface area contributed by atoms with E-state index in [-0.39, 0.29) is 16.7 Å². The number of aromatic nitrogens is 2. The molecule has 2 N–H and O–H groups in total. The average Bonchev–Trinajstić information content (AvgIpc) is 3.14. The molecule has 3 rings (SSSR count). The van der Waals surface area contributed by atoms with Crippen LogP contribution in [0.5, 0.6) is 0 Å². The van der Waals surface area contributed by atoms with Gasteiger partial charge < -0.3 is 5.32 Å². The van der Waals surface area contributed by atoms with Gasteiger partial charge in [-0.25, -0.2) is 8.42 Å². The molecule has 0 unspecified atom stereocenters. The van der Waals surface area contributed by atoms with E-state index >= 15 is 0 Å². The molecule has 0 bridgehead atoms. The van der Waals surface area contributed by atoms with Crippen molar-refractivity contribution in [1.82, 2.24) is 19.8 Å². The zero-order chi connectivity index (χ0) is 17.9. The summed E-state index contributed by atoms with van der Waals surface area (Å²) in [7, 11) is -3.55. The van der Waals surface area contributed by atoms with Crippen LogP contribution in [0.4, 0.5) is 0 Å². The Kier molecular flexibility index (Phi) is 5.41. The number of carbonyl (C=O) groups is 1. The summed E-state index contributed by atoms with van der Waals surface area (Å²) in [5.74, 6) is -0.238. The third kappa shape index (κ3) is 4.20. The number of benzene rings is 1. The first-order valence-corrected chi connectivity index (χ1v) is 9.80. The van der Waals surface area contributed by atoms with Crippen molar-refractivity contribution in [2.75, 3.05) is 13.1 Å². The van der Waals surface area contributed by atoms with Gasteiger partial charge in [-0.05, 0) is 43.2 Å². The maximum absolute atomic E-state index is 12.6. The van der Waals surface area contributed by atoms with E-state index in [0.717, 1.165) is 5.69 Å². The summed E-state index contributed by atoms with van der Waals surface area (Å²) in [6.45, 7) is 1.04. The van der Waals surface area contributed by atoms with Gasteiger partial charge in [0.15, 0.2) is 0 Å². The number of nitrogens with one attached hydrogen (secondary N) is 2. The first kappa shape index (κ1) is 17.9. The first-order valence-electron chi connectivity index (χ1n) is 7.98. The Balaban J connectivity index is 1.55. The predicted molar refractivity (Wildman–Crippen MR) is 93.4 cm³/mol. The van der Waals surface area contributed by atoms with Gasteiger partial charge in [0.05, 0.1) is 17.1 Å². The van der Waals surface area contributed by atoms with Gasteiger partial charge in [-0.2, -0.15) is 9.40 Å². The third-order valence-electron chi connectivity index (χ3n) is 4.29. The monoisotopic (exact) mass is 382 g/mol. The average molecular weight is 383 g/mol. The number of aromatic amines is 1. The second-order valence-electron chi connectivity index (χ2n) is 5.93. The van der Waals surface area contributed by atoms with Gasteiger partial charge in [0.1, 0.15) is 0 Å². The van der Waals surface area contributed by atoms with Crippen LogP contribution < -0.4 is 5.32 Å². The molecule has 1 fully saturated rings. The fraction of sp³-hybridized carbons (Fsp3) is 0.375. The van der Waals surface area contributed by atoms with Crippen molar-refractivity contribution in [3.63, 3.8) is 0 Å². The lowest BCUT2D eigenvalue weighted by molar-refractivity contribution is -0.126. The van der Waals surface area contributed by atoms with Crippen LogP contribution in [0, 0.1) is 5.92 Å². The minimum absolute atomic E-state index is 0.0573. The Labute approximate surface area is 151 Å². The van der Waals surface area contributed by atoms with E-state index in [4.69, 9.17) is 11.6 Å². The van der Waals surface area contributed by atoms with Gasteiger partial charge in [-0.1, -0.05) is 11.6 Å². The van der Waals surface area contributed by atoms with Crippen molar-refractivity contribution in [1.29, 1.82) is 0 Å². The summed E-state index contributed by atoms with van der Waals surface area (Å²) in [5, 5.41) is 9.95. The van der Waals surface area contributed by atoms with E-state index in [1.54, 1.807) is 24.4 Å². The van der Waals surface area contributed by atoms with Crippen LogP contribution in [-0.2, 0) is 21.4 Å². The number of hydrogen-bond donors (Lipinski definition) is 2. The van der Waals surface area contributed by atoms with Crippen LogP contribution in [0.1, 0.15) is 18.5 Å². The topological polar surface area (TPSA) is 95.2 Å². The Morgan fingerprint density at radius 1 is 1.24 bits per heavy atom. The van der Waals surface area contributed by atoms with Crippen LogP contribution >= 0.6 is 11.6 Å². The second kappa shape index (κ2) is 7.55. The third-order valence-corrected chi connectivity index (χ3v) is 6.45. The number of H-pyrrole nitrogens is 1. The Bertz CT molecular complexity index is 814. The van der Waals surface area contributed by atoms with Crippen LogP contribution in [0.15, 0.2) is 41.4 Å². The number of halogens is 1. The number of piperidine rings is 1. The molecule has 1 aromatic carbocycles. The minimum Gasteiger partial charge on any atom is -0.350 e. The van der Waals surface area contributed by atoms with Gasteiger partial charge in [0.2, 0.25) is 15.9 Å². The van der Waals surface area contributed by atoms with Gasteiger partial charge >= 0.3 is 0 Å². The van der Waals surface area contributed by atoms with Crippen LogP contribution in [0.25, 0.3) is 0 Å². The summed E-state index contributed by atoms with van der Waals surface area (Å²) in [6.07, 6.45) is 2.63. The number of carbonyl (C=O) groups excluding carboxylic acids is 1. The zero-order valence-corrected chi connectivity index (χ0v) is 15.1. The van der Waals surface area contributed by atoms with Gasteiger partial charge in [-0.15, -0.1) is 0 Å². The summed E-state index contributed by atoms with van der Waals surface area (Å²) in [4.78, 5) is 12.5. The molecule has 1 aliphatic heterocycles. The molecule has 2 aromatic rings. The molecule has 1 amide bonds. The number of amides is 1. The van der Waals surface area contributed by atoms with Crippen LogP contribution in [-0.4, -0.2) is 41.9 Å². The van der Waals surface area contributed by atoms with Crippen LogP contribution in [0.3, 0.4) is 0 Å². The Morgan fingerprint density at radius 2 is 1.92 bits per heavy atom. The number of sulfonamides is 1. The largest absolute Gasteiger partial charge is 0.350 e. The van der Waals surface area contributed by atoms with Gasteiger partial charge in [0, 0.05) is 30.2 Å². The summed E-state index contributed by atoms with van der Waals surface area (Å²) >= 11 is 5.81. The molecule has 2 heterocycles. The van der Waals surface area contributed by atoms with Crippen molar-refractivity contribution in [3.05, 3.63) is 47.2 Å². The summed E-state index contributed by atoms with van der Waals surface area (Å²) < 4.78 is 26.7. The normalized spacial score (nSPS) is 16.7. The van der Waals surface area contributed by atoms with Crippen molar-refractivity contribution in [2.45, 2.75) is 24.3 Å². The molecular weight excluding hydrogens is 364 g/mol. The first-order chi connectivity index (χ1) is 12.0. The second-order valence-corrected chi connectivity index (χ2v) is 8.31. The predicted octanol–water partition coefficient (Wildman–Crippen LogP) is 1.78. The molecule has 134 valence electrons. The van der Waals surface area contributed by atoms with E-state index < -0.39 is 10.0 Å². The maximum atomic E-state index is 12.6. The highest BCUT2D eigenvalue weighted by Gasteiger charge is 2.31. The van der Waals surface area contributed by atoms with Crippen molar-refractivity contribution in [2.24, 2.45) is 5.92 Å². The molecule has 1 aliphatic rings. The molecule has 0 radical (unpaired) electrons. The standard InChI is InChI=1S/C16H19ClN4O3S/c17-13-1-3-15(4-2-13)25(23,24)21-9-6-12(7-10-21)16(22)18-11-14-5-8-19-20-14/h1-5,8,12H,6-7,9-11H2,(H,18,22)(H,19,20). The smallest absolute Gasteiger partial charge is 0.243 e. The molecule has 7 nitrogen and oxygen atoms in total. The van der Waals surface area contributed by atoms with E-state index in [1.165, 1.54) is 16.4 Å². The SMILES string of the molecule is O=C(NCc1ccn[nH]1)C1CCN(S(=O)(=O)c2ccc(Cl)cc2)CC1. The lowest BCUT2D eigenvalue weighted by Gasteiger charge is -2.30. The molecule has 9 heteroatoms. The molecule has 25 heavy (non-hydrogen) atoms. The number of rotatable bonds is 5. The van der Waals surface area contributed by atoms with E-state index in [9.17, 15) is 13.2 Å². The highest BCUT2D eigenvalue weighted by atomic mass is 35.5. The van der Waals surface area contributed by atoms with Crippen molar-refractivity contribution in [3.8, 4) is 0 Å². The zero-order valence-electron chi connectivity index (χ0n) is 13.5. The van der Waals surface area contributed by atoms with Crippen LogP contribution in [0.2, 0.25) is 5.02 Å². The molecular formula is C16H19ClN4O3S. The van der Waals surface area contributed by atoms with E-state index in [0.29, 0.717) is 37.5 Å². The lowest BCUT2D eigenvalue weighted by Crippen LogP contribution is -2.42. The van der Waals surface area contributed by atoms with Crippen molar-refractivity contribution < 1.29 is 13.2 Å². The van der Waals surface area contributed by atoms with Gasteiger partial charge in [-0.3, -0.25) is 9.89 Å². The summed E-state index contributed by atoms with van der Waals surface area (Å²) in [6, 6.07) is 7.91.